The maximum atomic E-state index is 11.7. The van der Waals surface area contributed by atoms with Crippen LogP contribution >= 0.6 is 0 Å². The van der Waals surface area contributed by atoms with Gasteiger partial charge in [0.05, 0.1) is 12.3 Å². The van der Waals surface area contributed by atoms with Gasteiger partial charge in [-0.25, -0.2) is 0 Å². The number of carbonyl (C=O) groups excluding carboxylic acids is 1. The van der Waals surface area contributed by atoms with Crippen molar-refractivity contribution in [1.82, 2.24) is 10.6 Å². The Balaban J connectivity index is 1.61. The summed E-state index contributed by atoms with van der Waals surface area (Å²) in [6.07, 6.45) is 6.98. The first-order chi connectivity index (χ1) is 8.75. The average molecular weight is 250 g/mol. The van der Waals surface area contributed by atoms with Gasteiger partial charge in [-0.1, -0.05) is 12.8 Å². The van der Waals surface area contributed by atoms with Crippen LogP contribution < -0.4 is 10.6 Å². The van der Waals surface area contributed by atoms with Crippen molar-refractivity contribution in [3.05, 3.63) is 24.2 Å². The van der Waals surface area contributed by atoms with Gasteiger partial charge in [0.25, 0.3) is 0 Å². The molecule has 1 saturated carbocycles. The molecule has 1 atom stereocenters. The van der Waals surface area contributed by atoms with Crippen LogP contribution in [0.2, 0.25) is 0 Å². The molecule has 0 spiro atoms. The van der Waals surface area contributed by atoms with Gasteiger partial charge in [0.2, 0.25) is 5.91 Å². The van der Waals surface area contributed by atoms with E-state index in [4.69, 9.17) is 4.42 Å². The van der Waals surface area contributed by atoms with Gasteiger partial charge < -0.3 is 15.1 Å². The number of rotatable bonds is 6. The molecule has 1 fully saturated rings. The third-order valence-corrected chi connectivity index (χ3v) is 3.49. The molecule has 0 unspecified atom stereocenters. The number of nitrogens with one attached hydrogen (secondary N) is 2. The fourth-order valence-electron chi connectivity index (χ4n) is 2.41. The minimum atomic E-state index is 0.152. The number of furan rings is 1. The normalized spacial score (nSPS) is 17.8. The van der Waals surface area contributed by atoms with E-state index in [0.717, 1.165) is 18.6 Å². The highest BCUT2D eigenvalue weighted by Gasteiger charge is 2.16. The summed E-state index contributed by atoms with van der Waals surface area (Å²) in [5.41, 5.74) is 0. The first-order valence-corrected chi connectivity index (χ1v) is 6.82. The van der Waals surface area contributed by atoms with Gasteiger partial charge in [0.15, 0.2) is 0 Å². The second-order valence-corrected chi connectivity index (χ2v) is 4.99. The SMILES string of the molecule is C[C@H](NCCC(=O)NC1CCCC1)c1ccco1. The minimum Gasteiger partial charge on any atom is -0.468 e. The maximum Gasteiger partial charge on any atom is 0.221 e. The van der Waals surface area contributed by atoms with Crippen LogP contribution in [0, 0.1) is 0 Å². The minimum absolute atomic E-state index is 0.152. The highest BCUT2D eigenvalue weighted by Crippen LogP contribution is 2.17. The van der Waals surface area contributed by atoms with Crippen LogP contribution in [0.3, 0.4) is 0 Å². The molecule has 1 aromatic rings. The van der Waals surface area contributed by atoms with Crippen LogP contribution in [0.1, 0.15) is 50.8 Å². The molecular weight excluding hydrogens is 228 g/mol. The number of hydrogen-bond acceptors (Lipinski definition) is 3. The van der Waals surface area contributed by atoms with Crippen LogP contribution in [0.15, 0.2) is 22.8 Å². The Hall–Kier alpha value is -1.29. The molecule has 0 aliphatic heterocycles. The second kappa shape index (κ2) is 6.59. The lowest BCUT2D eigenvalue weighted by Crippen LogP contribution is -2.34. The molecule has 0 saturated heterocycles. The van der Waals surface area contributed by atoms with Gasteiger partial charge in [-0.15, -0.1) is 0 Å². The molecule has 100 valence electrons. The third kappa shape index (κ3) is 3.88. The van der Waals surface area contributed by atoms with Gasteiger partial charge in [0.1, 0.15) is 5.76 Å². The number of carbonyl (C=O) groups is 1. The zero-order valence-electron chi connectivity index (χ0n) is 10.9. The molecule has 1 aliphatic rings. The molecule has 1 amide bonds. The van der Waals surface area contributed by atoms with Crippen molar-refractivity contribution in [2.75, 3.05) is 6.54 Å². The third-order valence-electron chi connectivity index (χ3n) is 3.49. The fourth-order valence-corrected chi connectivity index (χ4v) is 2.41. The Morgan fingerprint density at radius 1 is 1.50 bits per heavy atom. The number of amides is 1. The standard InChI is InChI=1S/C14H22N2O2/c1-11(13-7-4-10-18-13)15-9-8-14(17)16-12-5-2-3-6-12/h4,7,10-12,15H,2-3,5-6,8-9H2,1H3,(H,16,17)/t11-/m0/s1. The second-order valence-electron chi connectivity index (χ2n) is 4.99. The summed E-state index contributed by atoms with van der Waals surface area (Å²) in [6, 6.07) is 4.38. The Bertz CT molecular complexity index is 356. The summed E-state index contributed by atoms with van der Waals surface area (Å²) in [7, 11) is 0. The van der Waals surface area contributed by atoms with Gasteiger partial charge in [-0.2, -0.15) is 0 Å². The van der Waals surface area contributed by atoms with E-state index in [0.29, 0.717) is 19.0 Å². The number of hydrogen-bond donors (Lipinski definition) is 2. The molecule has 0 bridgehead atoms. The highest BCUT2D eigenvalue weighted by molar-refractivity contribution is 5.76. The molecule has 18 heavy (non-hydrogen) atoms. The smallest absolute Gasteiger partial charge is 0.221 e. The lowest BCUT2D eigenvalue weighted by atomic mass is 10.2. The van der Waals surface area contributed by atoms with Gasteiger partial charge in [-0.05, 0) is 31.9 Å². The average Bonchev–Trinajstić information content (AvgIpc) is 3.00. The quantitative estimate of drug-likeness (QED) is 0.815. The lowest BCUT2D eigenvalue weighted by Gasteiger charge is -2.13. The summed E-state index contributed by atoms with van der Waals surface area (Å²) in [4.78, 5) is 11.7. The summed E-state index contributed by atoms with van der Waals surface area (Å²) < 4.78 is 5.30. The van der Waals surface area contributed by atoms with Crippen LogP contribution in [-0.2, 0) is 4.79 Å². The molecule has 1 aliphatic carbocycles. The van der Waals surface area contributed by atoms with Crippen LogP contribution in [-0.4, -0.2) is 18.5 Å². The predicted octanol–water partition coefficient (Wildman–Crippen LogP) is 2.38. The van der Waals surface area contributed by atoms with Crippen molar-refractivity contribution in [3.8, 4) is 0 Å². The Morgan fingerprint density at radius 2 is 2.28 bits per heavy atom. The molecule has 2 rings (SSSR count). The lowest BCUT2D eigenvalue weighted by molar-refractivity contribution is -0.121. The molecule has 1 heterocycles. The Kier molecular flexibility index (Phi) is 4.81. The maximum absolute atomic E-state index is 11.7. The van der Waals surface area contributed by atoms with Gasteiger partial charge >= 0.3 is 0 Å². The summed E-state index contributed by atoms with van der Waals surface area (Å²) in [5.74, 6) is 1.06. The molecule has 0 radical (unpaired) electrons. The molecule has 0 aromatic carbocycles. The summed E-state index contributed by atoms with van der Waals surface area (Å²) in [5, 5.41) is 6.37. The molecule has 4 heteroatoms. The summed E-state index contributed by atoms with van der Waals surface area (Å²) >= 11 is 0. The van der Waals surface area contributed by atoms with Crippen molar-refractivity contribution in [2.45, 2.75) is 51.1 Å². The van der Waals surface area contributed by atoms with E-state index in [9.17, 15) is 4.79 Å². The Morgan fingerprint density at radius 3 is 2.94 bits per heavy atom. The fraction of sp³-hybridized carbons (Fsp3) is 0.643. The van der Waals surface area contributed by atoms with Crippen LogP contribution in [0.5, 0.6) is 0 Å². The largest absolute Gasteiger partial charge is 0.468 e. The van der Waals surface area contributed by atoms with E-state index in [1.54, 1.807) is 6.26 Å². The zero-order chi connectivity index (χ0) is 12.8. The monoisotopic (exact) mass is 250 g/mol. The first-order valence-electron chi connectivity index (χ1n) is 6.82. The van der Waals surface area contributed by atoms with E-state index in [1.807, 2.05) is 19.1 Å². The van der Waals surface area contributed by atoms with E-state index >= 15 is 0 Å². The van der Waals surface area contributed by atoms with Gasteiger partial charge in [-0.3, -0.25) is 4.79 Å². The predicted molar refractivity (Wildman–Crippen MR) is 70.1 cm³/mol. The van der Waals surface area contributed by atoms with Gasteiger partial charge in [0, 0.05) is 19.0 Å². The van der Waals surface area contributed by atoms with Crippen molar-refractivity contribution in [1.29, 1.82) is 0 Å². The van der Waals surface area contributed by atoms with Crippen LogP contribution in [0.25, 0.3) is 0 Å². The zero-order valence-corrected chi connectivity index (χ0v) is 10.9. The van der Waals surface area contributed by atoms with Crippen LogP contribution in [0.4, 0.5) is 0 Å². The van der Waals surface area contributed by atoms with Crippen molar-refractivity contribution >= 4 is 5.91 Å². The van der Waals surface area contributed by atoms with E-state index in [-0.39, 0.29) is 11.9 Å². The Labute approximate surface area is 108 Å². The van der Waals surface area contributed by atoms with E-state index < -0.39 is 0 Å². The molecule has 4 nitrogen and oxygen atoms in total. The topological polar surface area (TPSA) is 54.3 Å². The van der Waals surface area contributed by atoms with Crippen molar-refractivity contribution < 1.29 is 9.21 Å². The highest BCUT2D eigenvalue weighted by atomic mass is 16.3. The molecule has 2 N–H and O–H groups in total. The van der Waals surface area contributed by atoms with E-state index in [1.165, 1.54) is 12.8 Å². The van der Waals surface area contributed by atoms with E-state index in [2.05, 4.69) is 10.6 Å². The molecule has 1 aromatic heterocycles. The first kappa shape index (κ1) is 13.1. The molecular formula is C14H22N2O2. The van der Waals surface area contributed by atoms with Crippen molar-refractivity contribution in [3.63, 3.8) is 0 Å². The summed E-state index contributed by atoms with van der Waals surface area (Å²) in [6.45, 7) is 2.72. The van der Waals surface area contributed by atoms with Crippen molar-refractivity contribution in [2.24, 2.45) is 0 Å².